The lowest BCUT2D eigenvalue weighted by Gasteiger charge is -2.14. The first-order valence-electron chi connectivity index (χ1n) is 10.2. The van der Waals surface area contributed by atoms with Crippen molar-refractivity contribution in [1.82, 2.24) is 9.88 Å². The number of rotatable bonds is 9. The number of benzene rings is 2. The highest BCUT2D eigenvalue weighted by Gasteiger charge is 2.14. The molecule has 0 radical (unpaired) electrons. The molecule has 3 aromatic rings. The first-order chi connectivity index (χ1) is 15.3. The summed E-state index contributed by atoms with van der Waals surface area (Å²) < 4.78 is 28.8. The molecule has 0 saturated heterocycles. The Labute approximate surface area is 195 Å². The number of hydrogen-bond donors (Lipinski definition) is 2. The highest BCUT2D eigenvalue weighted by Crippen LogP contribution is 2.22. The van der Waals surface area contributed by atoms with Gasteiger partial charge in [-0.25, -0.2) is 13.8 Å². The number of aryl methyl sites for hydroxylation is 1. The average molecular weight is 503 g/mol. The third-order valence-electron chi connectivity index (χ3n) is 4.85. The van der Waals surface area contributed by atoms with Crippen LogP contribution in [0.1, 0.15) is 27.9 Å². The molecule has 0 saturated carbocycles. The van der Waals surface area contributed by atoms with Crippen molar-refractivity contribution in [2.45, 2.75) is 19.4 Å². The number of pyridine rings is 1. The molecule has 0 bridgehead atoms. The maximum absolute atomic E-state index is 14.2. The van der Waals surface area contributed by atoms with Gasteiger partial charge in [0.05, 0.1) is 11.3 Å². The monoisotopic (exact) mass is 502 g/mol. The molecule has 168 valence electrons. The Morgan fingerprint density at radius 2 is 1.91 bits per heavy atom. The minimum absolute atomic E-state index is 0.0658. The van der Waals surface area contributed by atoms with Crippen molar-refractivity contribution in [3.05, 3.63) is 87.5 Å². The Balaban J connectivity index is 1.68. The smallest absolute Gasteiger partial charge is 0.258 e. The van der Waals surface area contributed by atoms with Gasteiger partial charge in [0.25, 0.3) is 5.91 Å². The number of carbonyl (C=O) groups is 1. The van der Waals surface area contributed by atoms with Crippen LogP contribution in [-0.4, -0.2) is 36.4 Å². The molecular weight excluding hydrogens is 478 g/mol. The predicted molar refractivity (Wildman–Crippen MR) is 127 cm³/mol. The topological polar surface area (TPSA) is 57.3 Å². The normalized spacial score (nSPS) is 10.9. The second kappa shape index (κ2) is 11.2. The molecule has 1 heterocycles. The molecule has 0 aliphatic rings. The number of amides is 1. The molecule has 1 aromatic heterocycles. The maximum atomic E-state index is 14.2. The number of nitrogens with zero attached hydrogens (tertiary/aromatic N) is 2. The molecule has 8 heteroatoms. The Morgan fingerprint density at radius 3 is 2.66 bits per heavy atom. The van der Waals surface area contributed by atoms with Gasteiger partial charge in [0, 0.05) is 17.2 Å². The summed E-state index contributed by atoms with van der Waals surface area (Å²) in [5.74, 6) is -0.967. The van der Waals surface area contributed by atoms with E-state index in [4.69, 9.17) is 0 Å². The van der Waals surface area contributed by atoms with Gasteiger partial charge in [-0.05, 0) is 81.0 Å². The zero-order valence-electron chi connectivity index (χ0n) is 18.0. The summed E-state index contributed by atoms with van der Waals surface area (Å²) in [5.41, 5.74) is 1.93. The van der Waals surface area contributed by atoms with E-state index in [1.165, 1.54) is 18.2 Å². The number of anilines is 2. The average Bonchev–Trinajstić information content (AvgIpc) is 2.74. The molecule has 2 aromatic carbocycles. The number of aromatic nitrogens is 1. The van der Waals surface area contributed by atoms with Gasteiger partial charge >= 0.3 is 0 Å². The van der Waals surface area contributed by atoms with Crippen LogP contribution in [-0.2, 0) is 13.0 Å². The van der Waals surface area contributed by atoms with E-state index in [2.05, 4.69) is 36.4 Å². The van der Waals surface area contributed by atoms with Crippen LogP contribution >= 0.6 is 15.9 Å². The van der Waals surface area contributed by atoms with Crippen molar-refractivity contribution in [3.63, 3.8) is 0 Å². The van der Waals surface area contributed by atoms with E-state index < -0.39 is 11.7 Å². The third kappa shape index (κ3) is 6.58. The summed E-state index contributed by atoms with van der Waals surface area (Å²) in [4.78, 5) is 18.9. The summed E-state index contributed by atoms with van der Waals surface area (Å²) in [5, 5.41) is 5.87. The zero-order valence-corrected chi connectivity index (χ0v) is 19.5. The lowest BCUT2D eigenvalue weighted by atomic mass is 10.1. The minimum Gasteiger partial charge on any atom is -0.364 e. The molecule has 2 N–H and O–H groups in total. The predicted octanol–water partition coefficient (Wildman–Crippen LogP) is 5.48. The van der Waals surface area contributed by atoms with Gasteiger partial charge in [-0.3, -0.25) is 4.79 Å². The second-order valence-electron chi connectivity index (χ2n) is 7.66. The van der Waals surface area contributed by atoms with Crippen molar-refractivity contribution in [3.8, 4) is 0 Å². The van der Waals surface area contributed by atoms with Gasteiger partial charge in [-0.1, -0.05) is 28.1 Å². The number of hydrogen-bond acceptors (Lipinski definition) is 4. The molecule has 0 fully saturated rings. The highest BCUT2D eigenvalue weighted by atomic mass is 79.9. The van der Waals surface area contributed by atoms with Crippen LogP contribution in [0.5, 0.6) is 0 Å². The standard InChI is InChI=1S/C24H25BrF2N4O/c1-31(2)12-4-5-17-13-16(7-10-20(17)26)15-29-23-22(6-3-11-28-23)30-24(32)19-9-8-18(25)14-21(19)27/h3,6-11,13-14H,4-5,12,15H2,1-2H3,(H,28,29)(H,30,32). The van der Waals surface area contributed by atoms with Gasteiger partial charge in [0.1, 0.15) is 17.5 Å². The van der Waals surface area contributed by atoms with E-state index in [0.29, 0.717) is 34.5 Å². The minimum atomic E-state index is -0.622. The Bertz CT molecular complexity index is 1090. The van der Waals surface area contributed by atoms with Gasteiger partial charge < -0.3 is 15.5 Å². The largest absolute Gasteiger partial charge is 0.364 e. The van der Waals surface area contributed by atoms with Crippen LogP contribution < -0.4 is 10.6 Å². The molecule has 0 spiro atoms. The van der Waals surface area contributed by atoms with E-state index in [1.807, 2.05) is 20.2 Å². The fourth-order valence-corrected chi connectivity index (χ4v) is 3.54. The molecule has 1 amide bonds. The van der Waals surface area contributed by atoms with Crippen molar-refractivity contribution in [2.24, 2.45) is 0 Å². The van der Waals surface area contributed by atoms with Gasteiger partial charge in [-0.2, -0.15) is 0 Å². The molecule has 0 atom stereocenters. The van der Waals surface area contributed by atoms with Crippen molar-refractivity contribution < 1.29 is 13.6 Å². The lowest BCUT2D eigenvalue weighted by Crippen LogP contribution is -2.16. The van der Waals surface area contributed by atoms with Gasteiger partial charge in [0.2, 0.25) is 0 Å². The zero-order chi connectivity index (χ0) is 23.1. The molecular formula is C24H25BrF2N4O. The van der Waals surface area contributed by atoms with Crippen LogP contribution in [0, 0.1) is 11.6 Å². The van der Waals surface area contributed by atoms with Crippen LogP contribution in [0.25, 0.3) is 0 Å². The quantitative estimate of drug-likeness (QED) is 0.406. The molecule has 0 unspecified atom stereocenters. The Morgan fingerprint density at radius 1 is 1.09 bits per heavy atom. The van der Waals surface area contributed by atoms with Crippen LogP contribution in [0.4, 0.5) is 20.3 Å². The fourth-order valence-electron chi connectivity index (χ4n) is 3.21. The summed E-state index contributed by atoms with van der Waals surface area (Å²) in [6.07, 6.45) is 3.11. The van der Waals surface area contributed by atoms with Crippen molar-refractivity contribution >= 4 is 33.3 Å². The number of nitrogens with one attached hydrogen (secondary N) is 2. The van der Waals surface area contributed by atoms with Crippen LogP contribution in [0.3, 0.4) is 0 Å². The lowest BCUT2D eigenvalue weighted by molar-refractivity contribution is 0.102. The molecule has 32 heavy (non-hydrogen) atoms. The first kappa shape index (κ1) is 23.8. The summed E-state index contributed by atoms with van der Waals surface area (Å²) >= 11 is 3.18. The Kier molecular flexibility index (Phi) is 8.30. The maximum Gasteiger partial charge on any atom is 0.258 e. The third-order valence-corrected chi connectivity index (χ3v) is 5.35. The van der Waals surface area contributed by atoms with Gasteiger partial charge in [-0.15, -0.1) is 0 Å². The summed E-state index contributed by atoms with van der Waals surface area (Å²) in [6.45, 7) is 1.28. The second-order valence-corrected chi connectivity index (χ2v) is 8.58. The van der Waals surface area contributed by atoms with Crippen molar-refractivity contribution in [1.29, 1.82) is 0 Å². The van der Waals surface area contributed by atoms with E-state index in [1.54, 1.807) is 30.5 Å². The number of halogens is 3. The molecule has 5 nitrogen and oxygen atoms in total. The molecule has 0 aliphatic heterocycles. The molecule has 0 aliphatic carbocycles. The van der Waals surface area contributed by atoms with E-state index >= 15 is 0 Å². The molecule has 3 rings (SSSR count). The van der Waals surface area contributed by atoms with Crippen LogP contribution in [0.2, 0.25) is 0 Å². The van der Waals surface area contributed by atoms with Crippen LogP contribution in [0.15, 0.2) is 59.2 Å². The number of carbonyl (C=O) groups excluding carboxylic acids is 1. The van der Waals surface area contributed by atoms with E-state index in [0.717, 1.165) is 18.5 Å². The van der Waals surface area contributed by atoms with Crippen molar-refractivity contribution in [2.75, 3.05) is 31.3 Å². The highest BCUT2D eigenvalue weighted by molar-refractivity contribution is 9.10. The SMILES string of the molecule is CN(C)CCCc1cc(CNc2ncccc2NC(=O)c2ccc(Br)cc2F)ccc1F. The summed E-state index contributed by atoms with van der Waals surface area (Å²) in [6, 6.07) is 12.6. The first-order valence-corrected chi connectivity index (χ1v) is 11.0. The van der Waals surface area contributed by atoms with E-state index in [-0.39, 0.29) is 11.4 Å². The summed E-state index contributed by atoms with van der Waals surface area (Å²) in [7, 11) is 3.98. The fraction of sp³-hybridized carbons (Fsp3) is 0.250. The Hall–Kier alpha value is -2.84. The van der Waals surface area contributed by atoms with Gasteiger partial charge in [0.15, 0.2) is 0 Å². The van der Waals surface area contributed by atoms with E-state index in [9.17, 15) is 13.6 Å².